The Hall–Kier alpha value is -2.05. The van der Waals surface area contributed by atoms with Crippen LogP contribution in [0, 0.1) is 23.4 Å². The standard InChI is InChI=1S/C13H13F3N2O2/c1-18-6-7(4-10(18)19)5-17-13(20)8-2-3-9(14)12(16)11(8)15/h2-3,7H,4-6H2,1H3,(H,17,20). The highest BCUT2D eigenvalue weighted by Gasteiger charge is 2.27. The minimum Gasteiger partial charge on any atom is -0.352 e. The molecule has 0 bridgehead atoms. The second kappa shape index (κ2) is 5.52. The molecule has 1 saturated heterocycles. The van der Waals surface area contributed by atoms with Gasteiger partial charge in [0.1, 0.15) is 0 Å². The molecule has 108 valence electrons. The summed E-state index contributed by atoms with van der Waals surface area (Å²) in [6, 6.07) is 1.58. The van der Waals surface area contributed by atoms with E-state index in [0.29, 0.717) is 19.0 Å². The summed E-state index contributed by atoms with van der Waals surface area (Å²) in [4.78, 5) is 24.5. The SMILES string of the molecule is CN1CC(CNC(=O)c2ccc(F)c(F)c2F)CC1=O. The van der Waals surface area contributed by atoms with Crippen molar-refractivity contribution >= 4 is 11.8 Å². The van der Waals surface area contributed by atoms with E-state index < -0.39 is 28.9 Å². The molecule has 1 fully saturated rings. The molecule has 7 heteroatoms. The fourth-order valence-electron chi connectivity index (χ4n) is 2.13. The Balaban J connectivity index is 1.99. The van der Waals surface area contributed by atoms with E-state index in [1.54, 1.807) is 7.05 Å². The molecule has 0 aromatic heterocycles. The van der Waals surface area contributed by atoms with Crippen LogP contribution < -0.4 is 5.32 Å². The van der Waals surface area contributed by atoms with E-state index in [-0.39, 0.29) is 18.4 Å². The van der Waals surface area contributed by atoms with Gasteiger partial charge in [-0.25, -0.2) is 13.2 Å². The third kappa shape index (κ3) is 2.76. The van der Waals surface area contributed by atoms with Gasteiger partial charge in [-0.15, -0.1) is 0 Å². The van der Waals surface area contributed by atoms with Crippen LogP contribution in [0.2, 0.25) is 0 Å². The van der Waals surface area contributed by atoms with Gasteiger partial charge in [-0.3, -0.25) is 9.59 Å². The van der Waals surface area contributed by atoms with Gasteiger partial charge in [0.05, 0.1) is 5.56 Å². The summed E-state index contributed by atoms with van der Waals surface area (Å²) in [5.41, 5.74) is -0.554. The first-order chi connectivity index (χ1) is 9.40. The second-order valence-corrected chi connectivity index (χ2v) is 4.78. The third-order valence-corrected chi connectivity index (χ3v) is 3.25. The van der Waals surface area contributed by atoms with Gasteiger partial charge in [0, 0.05) is 32.5 Å². The topological polar surface area (TPSA) is 49.4 Å². The number of hydrogen-bond donors (Lipinski definition) is 1. The van der Waals surface area contributed by atoms with E-state index >= 15 is 0 Å². The van der Waals surface area contributed by atoms with Crippen molar-refractivity contribution in [1.29, 1.82) is 0 Å². The maximum Gasteiger partial charge on any atom is 0.254 e. The summed E-state index contributed by atoms with van der Waals surface area (Å²) in [6.45, 7) is 0.673. The predicted octanol–water partition coefficient (Wildman–Crippen LogP) is 1.31. The van der Waals surface area contributed by atoms with E-state index in [1.165, 1.54) is 4.90 Å². The molecular weight excluding hydrogens is 273 g/mol. The lowest BCUT2D eigenvalue weighted by Gasteiger charge is -2.12. The number of likely N-dealkylation sites (tertiary alicyclic amines) is 1. The van der Waals surface area contributed by atoms with Crippen molar-refractivity contribution in [2.45, 2.75) is 6.42 Å². The molecule has 1 heterocycles. The number of carbonyl (C=O) groups excluding carboxylic acids is 2. The second-order valence-electron chi connectivity index (χ2n) is 4.78. The van der Waals surface area contributed by atoms with Crippen LogP contribution in [-0.4, -0.2) is 36.9 Å². The Morgan fingerprint density at radius 1 is 1.35 bits per heavy atom. The molecule has 0 aliphatic carbocycles. The van der Waals surface area contributed by atoms with Gasteiger partial charge in [-0.1, -0.05) is 0 Å². The van der Waals surface area contributed by atoms with Crippen LogP contribution in [0.25, 0.3) is 0 Å². The average molecular weight is 286 g/mol. The highest BCUT2D eigenvalue weighted by atomic mass is 19.2. The zero-order valence-corrected chi connectivity index (χ0v) is 10.8. The van der Waals surface area contributed by atoms with Crippen LogP contribution in [0.5, 0.6) is 0 Å². The van der Waals surface area contributed by atoms with Crippen molar-refractivity contribution in [2.24, 2.45) is 5.92 Å². The Morgan fingerprint density at radius 2 is 2.05 bits per heavy atom. The summed E-state index contributed by atoms with van der Waals surface area (Å²) >= 11 is 0. The molecule has 2 rings (SSSR count). The lowest BCUT2D eigenvalue weighted by atomic mass is 10.1. The van der Waals surface area contributed by atoms with Crippen LogP contribution in [0.15, 0.2) is 12.1 Å². The van der Waals surface area contributed by atoms with Crippen LogP contribution in [-0.2, 0) is 4.79 Å². The summed E-state index contributed by atoms with van der Waals surface area (Å²) in [7, 11) is 1.65. The predicted molar refractivity (Wildman–Crippen MR) is 64.4 cm³/mol. The number of amides is 2. The minimum absolute atomic E-state index is 0.0248. The number of carbonyl (C=O) groups is 2. The van der Waals surface area contributed by atoms with Crippen LogP contribution in [0.3, 0.4) is 0 Å². The van der Waals surface area contributed by atoms with E-state index in [0.717, 1.165) is 6.07 Å². The first-order valence-electron chi connectivity index (χ1n) is 6.05. The van der Waals surface area contributed by atoms with Crippen LogP contribution in [0.4, 0.5) is 13.2 Å². The van der Waals surface area contributed by atoms with Gasteiger partial charge >= 0.3 is 0 Å². The van der Waals surface area contributed by atoms with E-state index in [4.69, 9.17) is 0 Å². The normalized spacial score (nSPS) is 18.5. The third-order valence-electron chi connectivity index (χ3n) is 3.25. The van der Waals surface area contributed by atoms with Crippen molar-refractivity contribution in [3.8, 4) is 0 Å². The lowest BCUT2D eigenvalue weighted by molar-refractivity contribution is -0.126. The van der Waals surface area contributed by atoms with E-state index in [2.05, 4.69) is 5.32 Å². The van der Waals surface area contributed by atoms with E-state index in [9.17, 15) is 22.8 Å². The molecule has 0 spiro atoms. The maximum absolute atomic E-state index is 13.4. The van der Waals surface area contributed by atoms with Crippen molar-refractivity contribution in [1.82, 2.24) is 10.2 Å². The molecule has 1 aliphatic heterocycles. The zero-order chi connectivity index (χ0) is 14.9. The number of nitrogens with one attached hydrogen (secondary N) is 1. The van der Waals surface area contributed by atoms with Crippen molar-refractivity contribution in [3.63, 3.8) is 0 Å². The van der Waals surface area contributed by atoms with Gasteiger partial charge in [-0.2, -0.15) is 0 Å². The van der Waals surface area contributed by atoms with Gasteiger partial charge in [0.2, 0.25) is 5.91 Å². The first kappa shape index (κ1) is 14.4. The molecule has 1 N–H and O–H groups in total. The van der Waals surface area contributed by atoms with Gasteiger partial charge < -0.3 is 10.2 Å². The number of benzene rings is 1. The molecule has 1 aromatic carbocycles. The number of halogens is 3. The molecule has 2 amide bonds. The molecule has 4 nitrogen and oxygen atoms in total. The largest absolute Gasteiger partial charge is 0.352 e. The Labute approximate surface area is 113 Å². The molecule has 1 aliphatic rings. The molecular formula is C13H13F3N2O2. The Bertz CT molecular complexity index is 563. The number of nitrogens with zero attached hydrogens (tertiary/aromatic N) is 1. The van der Waals surface area contributed by atoms with Gasteiger partial charge in [-0.05, 0) is 12.1 Å². The summed E-state index contributed by atoms with van der Waals surface area (Å²) in [5, 5.41) is 2.42. The fraction of sp³-hybridized carbons (Fsp3) is 0.385. The minimum atomic E-state index is -1.67. The summed E-state index contributed by atoms with van der Waals surface area (Å²) in [5.74, 6) is -5.45. The lowest BCUT2D eigenvalue weighted by Crippen LogP contribution is -2.31. The Morgan fingerprint density at radius 3 is 2.65 bits per heavy atom. The number of hydrogen-bond acceptors (Lipinski definition) is 2. The van der Waals surface area contributed by atoms with Crippen LogP contribution in [0.1, 0.15) is 16.8 Å². The maximum atomic E-state index is 13.4. The zero-order valence-electron chi connectivity index (χ0n) is 10.8. The van der Waals surface area contributed by atoms with Crippen molar-refractivity contribution in [3.05, 3.63) is 35.1 Å². The van der Waals surface area contributed by atoms with Crippen molar-refractivity contribution in [2.75, 3.05) is 20.1 Å². The molecule has 20 heavy (non-hydrogen) atoms. The monoisotopic (exact) mass is 286 g/mol. The highest BCUT2D eigenvalue weighted by molar-refractivity contribution is 5.94. The fourth-order valence-corrected chi connectivity index (χ4v) is 2.13. The van der Waals surface area contributed by atoms with E-state index in [1.807, 2.05) is 0 Å². The Kier molecular flexibility index (Phi) is 3.96. The average Bonchev–Trinajstić information content (AvgIpc) is 2.73. The molecule has 1 aromatic rings. The molecule has 0 saturated carbocycles. The smallest absolute Gasteiger partial charge is 0.254 e. The molecule has 1 atom stereocenters. The summed E-state index contributed by atoms with van der Waals surface area (Å²) < 4.78 is 39.2. The van der Waals surface area contributed by atoms with Gasteiger partial charge in [0.25, 0.3) is 5.91 Å². The van der Waals surface area contributed by atoms with Crippen molar-refractivity contribution < 1.29 is 22.8 Å². The van der Waals surface area contributed by atoms with Gasteiger partial charge in [0.15, 0.2) is 17.5 Å². The highest BCUT2D eigenvalue weighted by Crippen LogP contribution is 2.17. The quantitative estimate of drug-likeness (QED) is 0.852. The number of rotatable bonds is 3. The first-order valence-corrected chi connectivity index (χ1v) is 6.05. The molecule has 0 radical (unpaired) electrons. The molecule has 1 unspecified atom stereocenters. The summed E-state index contributed by atoms with van der Waals surface area (Å²) in [6.07, 6.45) is 0.303. The van der Waals surface area contributed by atoms with Crippen LogP contribution >= 0.6 is 0 Å².